The van der Waals surface area contributed by atoms with Crippen molar-refractivity contribution in [3.8, 4) is 0 Å². The van der Waals surface area contributed by atoms with E-state index >= 15 is 0 Å². The van der Waals surface area contributed by atoms with Crippen LogP contribution < -0.4 is 0 Å². The maximum atomic E-state index is 12.5. The standard InChI is InChI=1S/C12H9Cl3N2O2/c1-6-12(15,11(19)17(2)16-6)10(18)8-5-7(13)3-4-9(8)14/h3-5H,1-2H3. The molecular formula is C12H9Cl3N2O2. The van der Waals surface area contributed by atoms with Gasteiger partial charge in [-0.25, -0.2) is 5.01 Å². The highest BCUT2D eigenvalue weighted by Crippen LogP contribution is 2.33. The minimum atomic E-state index is -1.84. The molecular weight excluding hydrogens is 311 g/mol. The summed E-state index contributed by atoms with van der Waals surface area (Å²) in [6.45, 7) is 1.52. The number of nitrogens with zero attached hydrogens (tertiary/aromatic N) is 2. The fourth-order valence-electron chi connectivity index (χ4n) is 1.84. The number of amides is 1. The Balaban J connectivity index is 2.53. The lowest BCUT2D eigenvalue weighted by molar-refractivity contribution is -0.128. The van der Waals surface area contributed by atoms with Crippen molar-refractivity contribution in [3.05, 3.63) is 33.8 Å². The zero-order chi connectivity index (χ0) is 14.4. The number of alkyl halides is 1. The molecule has 0 saturated carbocycles. The predicted molar refractivity (Wildman–Crippen MR) is 75.3 cm³/mol. The molecule has 1 aromatic rings. The minimum absolute atomic E-state index is 0.0994. The van der Waals surface area contributed by atoms with Gasteiger partial charge in [0, 0.05) is 17.6 Å². The summed E-state index contributed by atoms with van der Waals surface area (Å²) in [6.07, 6.45) is 0. The van der Waals surface area contributed by atoms with Crippen LogP contribution in [-0.4, -0.2) is 34.3 Å². The number of halogens is 3. The van der Waals surface area contributed by atoms with Gasteiger partial charge >= 0.3 is 0 Å². The zero-order valence-electron chi connectivity index (χ0n) is 10.1. The van der Waals surface area contributed by atoms with Gasteiger partial charge in [-0.2, -0.15) is 5.10 Å². The third-order valence-corrected chi connectivity index (χ3v) is 4.04. The molecule has 1 aromatic carbocycles. The van der Waals surface area contributed by atoms with Crippen LogP contribution >= 0.6 is 34.8 Å². The molecule has 0 fully saturated rings. The van der Waals surface area contributed by atoms with E-state index in [1.54, 1.807) is 6.07 Å². The molecule has 1 unspecified atom stereocenters. The van der Waals surface area contributed by atoms with E-state index in [1.165, 1.54) is 26.1 Å². The van der Waals surface area contributed by atoms with Crippen LogP contribution in [0.15, 0.2) is 23.3 Å². The summed E-state index contributed by atoms with van der Waals surface area (Å²) >= 11 is 18.0. The molecule has 0 bridgehead atoms. The van der Waals surface area contributed by atoms with E-state index in [0.717, 1.165) is 5.01 Å². The first-order valence-electron chi connectivity index (χ1n) is 5.31. The number of hydrogen-bond donors (Lipinski definition) is 0. The van der Waals surface area contributed by atoms with Crippen LogP contribution in [0.5, 0.6) is 0 Å². The Labute approximate surface area is 124 Å². The maximum absolute atomic E-state index is 12.5. The second kappa shape index (κ2) is 4.78. The number of Topliss-reactive ketones (excluding diaryl/α,β-unsaturated/α-hetero) is 1. The van der Waals surface area contributed by atoms with Crippen molar-refractivity contribution >= 4 is 52.2 Å². The van der Waals surface area contributed by atoms with E-state index in [-0.39, 0.29) is 16.3 Å². The molecule has 1 aliphatic heterocycles. The van der Waals surface area contributed by atoms with Gasteiger partial charge in [0.15, 0.2) is 0 Å². The van der Waals surface area contributed by atoms with Gasteiger partial charge in [0.25, 0.3) is 5.91 Å². The summed E-state index contributed by atoms with van der Waals surface area (Å²) in [7, 11) is 1.43. The molecule has 19 heavy (non-hydrogen) atoms. The van der Waals surface area contributed by atoms with Crippen molar-refractivity contribution in [2.45, 2.75) is 11.8 Å². The molecule has 0 N–H and O–H groups in total. The van der Waals surface area contributed by atoms with Crippen molar-refractivity contribution in [1.82, 2.24) is 5.01 Å². The maximum Gasteiger partial charge on any atom is 0.277 e. The molecule has 0 aromatic heterocycles. The van der Waals surface area contributed by atoms with Crippen LogP contribution in [0.1, 0.15) is 17.3 Å². The largest absolute Gasteiger partial charge is 0.291 e. The van der Waals surface area contributed by atoms with Crippen LogP contribution in [0, 0.1) is 0 Å². The van der Waals surface area contributed by atoms with Crippen molar-refractivity contribution in [2.24, 2.45) is 5.10 Å². The molecule has 0 radical (unpaired) electrons. The summed E-state index contributed by atoms with van der Waals surface area (Å²) < 4.78 is 0. The number of carbonyl (C=O) groups is 2. The van der Waals surface area contributed by atoms with Gasteiger partial charge in [-0.05, 0) is 25.1 Å². The van der Waals surface area contributed by atoms with Gasteiger partial charge in [0.05, 0.1) is 10.7 Å². The van der Waals surface area contributed by atoms with E-state index in [0.29, 0.717) is 5.02 Å². The molecule has 100 valence electrons. The van der Waals surface area contributed by atoms with Gasteiger partial charge in [-0.3, -0.25) is 9.59 Å². The average Bonchev–Trinajstić information content (AvgIpc) is 2.56. The topological polar surface area (TPSA) is 49.7 Å². The number of carbonyl (C=O) groups excluding carboxylic acids is 2. The Bertz CT molecular complexity index is 615. The fourth-order valence-corrected chi connectivity index (χ4v) is 2.47. The Morgan fingerprint density at radius 3 is 2.53 bits per heavy atom. The Morgan fingerprint density at radius 2 is 2.00 bits per heavy atom. The van der Waals surface area contributed by atoms with Gasteiger partial charge < -0.3 is 0 Å². The molecule has 0 spiro atoms. The number of benzene rings is 1. The molecule has 1 heterocycles. The molecule has 0 saturated heterocycles. The van der Waals surface area contributed by atoms with E-state index in [4.69, 9.17) is 34.8 Å². The van der Waals surface area contributed by atoms with Crippen LogP contribution in [0.2, 0.25) is 10.0 Å². The molecule has 1 atom stereocenters. The normalized spacial score (nSPS) is 22.7. The van der Waals surface area contributed by atoms with Crippen molar-refractivity contribution < 1.29 is 9.59 Å². The molecule has 0 aliphatic carbocycles. The Kier molecular flexibility index (Phi) is 3.60. The number of hydrazone groups is 1. The lowest BCUT2D eigenvalue weighted by Crippen LogP contribution is -2.47. The fraction of sp³-hybridized carbons (Fsp3) is 0.250. The van der Waals surface area contributed by atoms with Crippen LogP contribution in [0.4, 0.5) is 0 Å². The van der Waals surface area contributed by atoms with E-state index in [1.807, 2.05) is 0 Å². The van der Waals surface area contributed by atoms with E-state index in [9.17, 15) is 9.59 Å². The minimum Gasteiger partial charge on any atom is -0.291 e. The van der Waals surface area contributed by atoms with Gasteiger partial charge in [-0.15, -0.1) is 0 Å². The van der Waals surface area contributed by atoms with Crippen LogP contribution in [-0.2, 0) is 4.79 Å². The second-order valence-corrected chi connectivity index (χ2v) is 5.54. The third kappa shape index (κ3) is 2.14. The van der Waals surface area contributed by atoms with Crippen LogP contribution in [0.3, 0.4) is 0 Å². The zero-order valence-corrected chi connectivity index (χ0v) is 12.3. The van der Waals surface area contributed by atoms with E-state index < -0.39 is 16.6 Å². The molecule has 1 aliphatic rings. The summed E-state index contributed by atoms with van der Waals surface area (Å²) in [6, 6.07) is 4.41. The third-order valence-electron chi connectivity index (χ3n) is 2.87. The van der Waals surface area contributed by atoms with Crippen molar-refractivity contribution in [2.75, 3.05) is 7.05 Å². The molecule has 2 rings (SSSR count). The number of ketones is 1. The van der Waals surface area contributed by atoms with E-state index in [2.05, 4.69) is 5.10 Å². The number of hydrogen-bond acceptors (Lipinski definition) is 3. The Morgan fingerprint density at radius 1 is 1.37 bits per heavy atom. The van der Waals surface area contributed by atoms with Gasteiger partial charge in [0.2, 0.25) is 10.7 Å². The predicted octanol–water partition coefficient (Wildman–Crippen LogP) is 3.00. The quantitative estimate of drug-likeness (QED) is 0.478. The summed E-state index contributed by atoms with van der Waals surface area (Å²) in [5, 5.41) is 5.45. The summed E-state index contributed by atoms with van der Waals surface area (Å²) in [5.74, 6) is -1.23. The van der Waals surface area contributed by atoms with Gasteiger partial charge in [0.1, 0.15) is 0 Å². The van der Waals surface area contributed by atoms with Gasteiger partial charge in [-0.1, -0.05) is 34.8 Å². The lowest BCUT2D eigenvalue weighted by atomic mass is 9.92. The lowest BCUT2D eigenvalue weighted by Gasteiger charge is -2.19. The average molecular weight is 320 g/mol. The second-order valence-electron chi connectivity index (χ2n) is 4.13. The smallest absolute Gasteiger partial charge is 0.277 e. The molecule has 1 amide bonds. The van der Waals surface area contributed by atoms with Crippen LogP contribution in [0.25, 0.3) is 0 Å². The van der Waals surface area contributed by atoms with Crippen molar-refractivity contribution in [3.63, 3.8) is 0 Å². The highest BCUT2D eigenvalue weighted by atomic mass is 35.5. The first kappa shape index (κ1) is 14.3. The molecule has 4 nitrogen and oxygen atoms in total. The molecule has 7 heteroatoms. The highest BCUT2D eigenvalue weighted by Gasteiger charge is 2.53. The highest BCUT2D eigenvalue weighted by molar-refractivity contribution is 6.61. The summed E-state index contributed by atoms with van der Waals surface area (Å²) in [4.78, 5) is 22.7. The SMILES string of the molecule is CC1=NN(C)C(=O)C1(Cl)C(=O)c1cc(Cl)ccc1Cl. The first-order valence-corrected chi connectivity index (χ1v) is 6.44. The Hall–Kier alpha value is -1.10. The number of rotatable bonds is 2. The summed E-state index contributed by atoms with van der Waals surface area (Å²) in [5.41, 5.74) is 0.310. The van der Waals surface area contributed by atoms with Crippen molar-refractivity contribution in [1.29, 1.82) is 0 Å². The monoisotopic (exact) mass is 318 g/mol. The first-order chi connectivity index (χ1) is 8.78.